The summed E-state index contributed by atoms with van der Waals surface area (Å²) in [6.07, 6.45) is 4.97. The summed E-state index contributed by atoms with van der Waals surface area (Å²) < 4.78 is 0. The lowest BCUT2D eigenvalue weighted by molar-refractivity contribution is -0.121. The summed E-state index contributed by atoms with van der Waals surface area (Å²) in [4.78, 5) is 14.1. The Labute approximate surface area is 125 Å². The van der Waals surface area contributed by atoms with Crippen molar-refractivity contribution in [3.8, 4) is 0 Å². The molecule has 0 aromatic rings. The number of hydrogen-bond acceptors (Lipinski definition) is 3. The summed E-state index contributed by atoms with van der Waals surface area (Å²) in [5, 5.41) is 3.07. The first-order valence-corrected chi connectivity index (χ1v) is 7.92. The topological polar surface area (TPSA) is 58.4 Å². The zero-order chi connectivity index (χ0) is 15.6. The van der Waals surface area contributed by atoms with Crippen molar-refractivity contribution in [1.82, 2.24) is 10.2 Å². The minimum absolute atomic E-state index is 0.110. The first kappa shape index (κ1) is 19.4. The van der Waals surface area contributed by atoms with Gasteiger partial charge >= 0.3 is 0 Å². The normalized spacial score (nSPS) is 13.6. The van der Waals surface area contributed by atoms with Gasteiger partial charge in [-0.25, -0.2) is 0 Å². The van der Waals surface area contributed by atoms with Gasteiger partial charge in [-0.05, 0) is 44.8 Å². The summed E-state index contributed by atoms with van der Waals surface area (Å²) >= 11 is 0. The highest BCUT2D eigenvalue weighted by Crippen LogP contribution is 2.17. The fourth-order valence-electron chi connectivity index (χ4n) is 2.75. The largest absolute Gasteiger partial charge is 0.356 e. The molecule has 0 aliphatic carbocycles. The van der Waals surface area contributed by atoms with Crippen molar-refractivity contribution in [3.63, 3.8) is 0 Å². The van der Waals surface area contributed by atoms with Crippen LogP contribution in [0, 0.1) is 11.3 Å². The van der Waals surface area contributed by atoms with Gasteiger partial charge in [0.2, 0.25) is 5.91 Å². The van der Waals surface area contributed by atoms with Crippen LogP contribution in [0.4, 0.5) is 0 Å². The zero-order valence-corrected chi connectivity index (χ0v) is 14.2. The van der Waals surface area contributed by atoms with E-state index < -0.39 is 0 Å². The summed E-state index contributed by atoms with van der Waals surface area (Å²) in [5.41, 5.74) is 5.73. The van der Waals surface area contributed by atoms with Gasteiger partial charge in [0.25, 0.3) is 0 Å². The SMILES string of the molecule is CCCC(CCN)CCC(=O)NCC(C)(C)CN(C)C. The minimum atomic E-state index is 0.110. The van der Waals surface area contributed by atoms with E-state index in [1.807, 2.05) is 0 Å². The second kappa shape index (κ2) is 10.2. The van der Waals surface area contributed by atoms with Gasteiger partial charge in [-0.1, -0.05) is 33.6 Å². The molecule has 4 nitrogen and oxygen atoms in total. The fourth-order valence-corrected chi connectivity index (χ4v) is 2.75. The Morgan fingerprint density at radius 2 is 1.90 bits per heavy atom. The van der Waals surface area contributed by atoms with Crippen LogP contribution in [-0.4, -0.2) is 44.5 Å². The summed E-state index contributed by atoms with van der Waals surface area (Å²) in [7, 11) is 4.12. The Morgan fingerprint density at radius 1 is 1.25 bits per heavy atom. The minimum Gasteiger partial charge on any atom is -0.356 e. The van der Waals surface area contributed by atoms with Crippen molar-refractivity contribution in [3.05, 3.63) is 0 Å². The van der Waals surface area contributed by atoms with Crippen LogP contribution in [0.25, 0.3) is 0 Å². The third-order valence-corrected chi connectivity index (χ3v) is 3.56. The van der Waals surface area contributed by atoms with Crippen molar-refractivity contribution >= 4 is 5.91 Å². The van der Waals surface area contributed by atoms with E-state index in [2.05, 4.69) is 45.1 Å². The van der Waals surface area contributed by atoms with Crippen LogP contribution in [-0.2, 0) is 4.79 Å². The number of nitrogens with zero attached hydrogens (tertiary/aromatic N) is 1. The Hall–Kier alpha value is -0.610. The maximum Gasteiger partial charge on any atom is 0.220 e. The molecular weight excluding hydrogens is 250 g/mol. The molecule has 1 unspecified atom stereocenters. The van der Waals surface area contributed by atoms with E-state index in [0.717, 1.165) is 32.5 Å². The number of hydrogen-bond donors (Lipinski definition) is 2. The van der Waals surface area contributed by atoms with E-state index in [1.54, 1.807) is 0 Å². The standard InChI is InChI=1S/C16H35N3O/c1-6-7-14(10-11-17)8-9-15(20)18-12-16(2,3)13-19(4)5/h14H,6-13,17H2,1-5H3,(H,18,20). The second-order valence-corrected chi connectivity index (χ2v) is 6.95. The molecule has 0 fully saturated rings. The molecule has 0 saturated carbocycles. The summed E-state index contributed by atoms with van der Waals surface area (Å²) in [6, 6.07) is 0. The Kier molecular flexibility index (Phi) is 9.86. The molecule has 0 aromatic carbocycles. The van der Waals surface area contributed by atoms with Crippen LogP contribution in [0.15, 0.2) is 0 Å². The number of carbonyl (C=O) groups excluding carboxylic acids is 1. The lowest BCUT2D eigenvalue weighted by Crippen LogP contribution is -2.40. The van der Waals surface area contributed by atoms with Gasteiger partial charge in [-0.15, -0.1) is 0 Å². The average molecular weight is 285 g/mol. The molecule has 0 spiro atoms. The smallest absolute Gasteiger partial charge is 0.220 e. The van der Waals surface area contributed by atoms with Crippen LogP contribution < -0.4 is 11.1 Å². The van der Waals surface area contributed by atoms with Gasteiger partial charge in [0.15, 0.2) is 0 Å². The lowest BCUT2D eigenvalue weighted by atomic mass is 9.92. The van der Waals surface area contributed by atoms with Gasteiger partial charge in [-0.3, -0.25) is 4.79 Å². The molecule has 3 N–H and O–H groups in total. The van der Waals surface area contributed by atoms with Gasteiger partial charge in [-0.2, -0.15) is 0 Å². The number of nitrogens with one attached hydrogen (secondary N) is 1. The number of rotatable bonds is 11. The van der Waals surface area contributed by atoms with Crippen molar-refractivity contribution in [2.75, 3.05) is 33.7 Å². The molecule has 20 heavy (non-hydrogen) atoms. The predicted molar refractivity (Wildman–Crippen MR) is 86.6 cm³/mol. The quantitative estimate of drug-likeness (QED) is 0.612. The van der Waals surface area contributed by atoms with E-state index in [-0.39, 0.29) is 11.3 Å². The van der Waals surface area contributed by atoms with Gasteiger partial charge in [0.1, 0.15) is 0 Å². The molecular formula is C16H35N3O. The number of amides is 1. The second-order valence-electron chi connectivity index (χ2n) is 6.95. The van der Waals surface area contributed by atoms with Gasteiger partial charge in [0.05, 0.1) is 0 Å². The monoisotopic (exact) mass is 285 g/mol. The first-order valence-electron chi connectivity index (χ1n) is 7.92. The predicted octanol–water partition coefficient (Wildman–Crippen LogP) is 2.24. The Morgan fingerprint density at radius 3 is 2.40 bits per heavy atom. The molecule has 4 heteroatoms. The van der Waals surface area contributed by atoms with Crippen molar-refractivity contribution in [2.45, 2.75) is 52.9 Å². The van der Waals surface area contributed by atoms with Crippen molar-refractivity contribution in [2.24, 2.45) is 17.1 Å². The average Bonchev–Trinajstić information content (AvgIpc) is 2.32. The van der Waals surface area contributed by atoms with Crippen LogP contribution >= 0.6 is 0 Å². The number of nitrogens with two attached hydrogens (primary N) is 1. The maximum absolute atomic E-state index is 11.9. The summed E-state index contributed by atoms with van der Waals surface area (Å²) in [5.74, 6) is 0.778. The van der Waals surface area contributed by atoms with E-state index in [9.17, 15) is 4.79 Å². The molecule has 0 aliphatic heterocycles. The van der Waals surface area contributed by atoms with Gasteiger partial charge < -0.3 is 16.0 Å². The van der Waals surface area contributed by atoms with E-state index in [4.69, 9.17) is 5.73 Å². The molecule has 0 aliphatic rings. The Balaban J connectivity index is 3.98. The molecule has 0 heterocycles. The molecule has 0 saturated heterocycles. The third kappa shape index (κ3) is 10.2. The lowest BCUT2D eigenvalue weighted by Gasteiger charge is -2.28. The van der Waals surface area contributed by atoms with Gasteiger partial charge in [0, 0.05) is 19.5 Å². The highest BCUT2D eigenvalue weighted by atomic mass is 16.1. The summed E-state index contributed by atoms with van der Waals surface area (Å²) in [6.45, 7) is 8.98. The fraction of sp³-hybridized carbons (Fsp3) is 0.938. The third-order valence-electron chi connectivity index (χ3n) is 3.56. The molecule has 0 rings (SSSR count). The molecule has 1 amide bonds. The van der Waals surface area contributed by atoms with Crippen LogP contribution in [0.2, 0.25) is 0 Å². The highest BCUT2D eigenvalue weighted by molar-refractivity contribution is 5.75. The molecule has 0 radical (unpaired) electrons. The zero-order valence-electron chi connectivity index (χ0n) is 14.2. The van der Waals surface area contributed by atoms with Crippen molar-refractivity contribution < 1.29 is 4.79 Å². The molecule has 0 bridgehead atoms. The molecule has 120 valence electrons. The van der Waals surface area contributed by atoms with Crippen molar-refractivity contribution in [1.29, 1.82) is 0 Å². The van der Waals surface area contributed by atoms with Crippen LogP contribution in [0.5, 0.6) is 0 Å². The molecule has 1 atom stereocenters. The van der Waals surface area contributed by atoms with Crippen LogP contribution in [0.1, 0.15) is 52.9 Å². The highest BCUT2D eigenvalue weighted by Gasteiger charge is 2.20. The van der Waals surface area contributed by atoms with Crippen LogP contribution in [0.3, 0.4) is 0 Å². The Bertz CT molecular complexity index is 258. The first-order chi connectivity index (χ1) is 9.30. The molecule has 0 aromatic heterocycles. The number of carbonyl (C=O) groups is 1. The van der Waals surface area contributed by atoms with E-state index in [0.29, 0.717) is 12.3 Å². The van der Waals surface area contributed by atoms with E-state index >= 15 is 0 Å². The van der Waals surface area contributed by atoms with E-state index in [1.165, 1.54) is 12.8 Å². The maximum atomic E-state index is 11.9.